The van der Waals surface area contributed by atoms with E-state index in [2.05, 4.69) is 29.8 Å². The first-order valence-corrected chi connectivity index (χ1v) is 12.1. The number of anilines is 2. The Labute approximate surface area is 211 Å². The average molecular weight is 545 g/mol. The van der Waals surface area contributed by atoms with Crippen LogP contribution in [0.4, 0.5) is 15.8 Å². The van der Waals surface area contributed by atoms with Crippen molar-refractivity contribution in [1.29, 1.82) is 0 Å². The second-order valence-corrected chi connectivity index (χ2v) is 10.2. The van der Waals surface area contributed by atoms with Crippen LogP contribution in [0.15, 0.2) is 71.2 Å². The number of nitrogens with zero attached hydrogens (tertiary/aromatic N) is 1. The zero-order chi connectivity index (χ0) is 24.6. The highest BCUT2D eigenvalue weighted by molar-refractivity contribution is 9.10. The van der Waals surface area contributed by atoms with Gasteiger partial charge >= 0.3 is 5.97 Å². The number of benzene rings is 3. The molecule has 0 aromatic heterocycles. The third-order valence-corrected chi connectivity index (χ3v) is 7.09. The number of amides is 1. The van der Waals surface area contributed by atoms with E-state index in [1.54, 1.807) is 29.2 Å². The summed E-state index contributed by atoms with van der Waals surface area (Å²) < 4.78 is 19.5. The number of carbonyl (C=O) groups excluding carboxylic acids is 2. The number of fused-ring (bicyclic) bond motifs is 2. The molecule has 34 heavy (non-hydrogen) atoms. The Balaban J connectivity index is 0.000000336. The topological polar surface area (TPSA) is 46.6 Å². The Morgan fingerprint density at radius 2 is 1.85 bits per heavy atom. The molecule has 0 saturated heterocycles. The molecule has 1 aliphatic heterocycles. The molecular formula is C27H24BrClFNO3. The molecule has 1 amide bonds. The van der Waals surface area contributed by atoms with Crippen molar-refractivity contribution in [3.05, 3.63) is 93.2 Å². The highest BCUT2D eigenvalue weighted by Crippen LogP contribution is 2.65. The molecule has 176 valence electrons. The maximum Gasteiger partial charge on any atom is 0.337 e. The molecule has 1 spiro atoms. The van der Waals surface area contributed by atoms with Crippen LogP contribution in [0.1, 0.15) is 36.2 Å². The largest absolute Gasteiger partial charge is 0.465 e. The van der Waals surface area contributed by atoms with Crippen LogP contribution in [0.3, 0.4) is 0 Å². The summed E-state index contributed by atoms with van der Waals surface area (Å²) in [6.45, 7) is 4.17. The van der Waals surface area contributed by atoms with Crippen LogP contribution in [-0.2, 0) is 14.9 Å². The normalized spacial score (nSPS) is 20.1. The highest BCUT2D eigenvalue weighted by atomic mass is 79.9. The van der Waals surface area contributed by atoms with E-state index in [1.807, 2.05) is 30.3 Å². The second kappa shape index (κ2) is 9.51. The summed E-state index contributed by atoms with van der Waals surface area (Å²) in [5.41, 5.74) is 1.66. The third kappa shape index (κ3) is 4.37. The zero-order valence-electron chi connectivity index (χ0n) is 19.0. The fourth-order valence-electron chi connectivity index (χ4n) is 4.74. The van der Waals surface area contributed by atoms with Crippen molar-refractivity contribution in [2.24, 2.45) is 11.8 Å². The molecule has 1 aliphatic carbocycles. The highest BCUT2D eigenvalue weighted by Gasteiger charge is 2.67. The summed E-state index contributed by atoms with van der Waals surface area (Å²) in [6.07, 6.45) is 0.717. The molecule has 5 rings (SSSR count). The molecule has 1 unspecified atom stereocenters. The summed E-state index contributed by atoms with van der Waals surface area (Å²) >= 11 is 8.94. The lowest BCUT2D eigenvalue weighted by atomic mass is 9.91. The molecular weight excluding hydrogens is 521 g/mol. The molecule has 4 nitrogen and oxygen atoms in total. The first-order chi connectivity index (χ1) is 16.2. The van der Waals surface area contributed by atoms with Crippen molar-refractivity contribution in [3.8, 4) is 0 Å². The smallest absolute Gasteiger partial charge is 0.337 e. The number of hydrogen-bond donors (Lipinski definition) is 0. The van der Waals surface area contributed by atoms with Gasteiger partial charge in [-0.15, -0.1) is 0 Å². The summed E-state index contributed by atoms with van der Waals surface area (Å²) in [6, 6.07) is 19.0. The van der Waals surface area contributed by atoms with Crippen molar-refractivity contribution >= 4 is 50.8 Å². The van der Waals surface area contributed by atoms with Crippen LogP contribution in [0.2, 0.25) is 5.02 Å². The van der Waals surface area contributed by atoms with Gasteiger partial charge in [-0.05, 0) is 72.4 Å². The molecule has 2 aliphatic rings. The van der Waals surface area contributed by atoms with Crippen LogP contribution in [-0.4, -0.2) is 19.0 Å². The van der Waals surface area contributed by atoms with Gasteiger partial charge < -0.3 is 4.74 Å². The number of rotatable bonds is 3. The van der Waals surface area contributed by atoms with E-state index in [4.69, 9.17) is 16.3 Å². The number of halogens is 3. The fourth-order valence-corrected chi connectivity index (χ4v) is 5.37. The van der Waals surface area contributed by atoms with Crippen LogP contribution < -0.4 is 4.90 Å². The number of methoxy groups -OCH3 is 1. The minimum Gasteiger partial charge on any atom is -0.465 e. The van der Waals surface area contributed by atoms with Gasteiger partial charge in [-0.2, -0.15) is 0 Å². The summed E-state index contributed by atoms with van der Waals surface area (Å²) in [7, 11) is 1.31. The lowest BCUT2D eigenvalue weighted by Gasteiger charge is -2.20. The molecule has 0 N–H and O–H groups in total. The minimum atomic E-state index is -0.667. The van der Waals surface area contributed by atoms with Gasteiger partial charge in [-0.1, -0.05) is 59.6 Å². The van der Waals surface area contributed by atoms with Gasteiger partial charge in [0.2, 0.25) is 5.91 Å². The first kappa shape index (κ1) is 24.4. The first-order valence-electron chi connectivity index (χ1n) is 10.9. The van der Waals surface area contributed by atoms with Crippen molar-refractivity contribution in [2.75, 3.05) is 12.0 Å². The molecule has 1 heterocycles. The Morgan fingerprint density at radius 1 is 1.15 bits per heavy atom. The maximum atomic E-state index is 14.0. The van der Waals surface area contributed by atoms with Gasteiger partial charge in [-0.25, -0.2) is 9.18 Å². The Kier molecular flexibility index (Phi) is 6.83. The Hall–Kier alpha value is -2.70. The molecule has 0 radical (unpaired) electrons. The van der Waals surface area contributed by atoms with Crippen molar-refractivity contribution in [2.45, 2.75) is 25.7 Å². The van der Waals surface area contributed by atoms with Gasteiger partial charge in [0.1, 0.15) is 5.82 Å². The number of ether oxygens (including phenoxy) is 1. The summed E-state index contributed by atoms with van der Waals surface area (Å²) in [4.78, 5) is 27.1. The molecule has 0 bridgehead atoms. The Morgan fingerprint density at radius 3 is 2.41 bits per heavy atom. The lowest BCUT2D eigenvalue weighted by Crippen LogP contribution is -2.30. The van der Waals surface area contributed by atoms with E-state index >= 15 is 0 Å². The van der Waals surface area contributed by atoms with E-state index < -0.39 is 11.4 Å². The van der Waals surface area contributed by atoms with E-state index in [9.17, 15) is 14.0 Å². The zero-order valence-corrected chi connectivity index (χ0v) is 21.4. The van der Waals surface area contributed by atoms with Crippen LogP contribution in [0.25, 0.3) is 0 Å². The fraction of sp³-hybridized carbons (Fsp3) is 0.259. The second-order valence-electron chi connectivity index (χ2n) is 8.81. The SMILES string of the molecule is COC(=O)c1cc(Br)cc(N2C(=O)[C@@]3(CC3C(C)C)c3cc(F)ccc32)c1.Clc1ccccc1. The van der Waals surface area contributed by atoms with E-state index in [-0.39, 0.29) is 17.6 Å². The van der Waals surface area contributed by atoms with Gasteiger partial charge in [0.15, 0.2) is 0 Å². The van der Waals surface area contributed by atoms with Crippen LogP contribution >= 0.6 is 27.5 Å². The molecule has 2 atom stereocenters. The third-order valence-electron chi connectivity index (χ3n) is 6.38. The summed E-state index contributed by atoms with van der Waals surface area (Å²) in [5.74, 6) is -0.386. The number of esters is 1. The number of carbonyl (C=O) groups is 2. The molecule has 3 aromatic rings. The maximum absolute atomic E-state index is 14.0. The van der Waals surface area contributed by atoms with Crippen molar-refractivity contribution in [3.63, 3.8) is 0 Å². The van der Waals surface area contributed by atoms with Crippen LogP contribution in [0.5, 0.6) is 0 Å². The van der Waals surface area contributed by atoms with E-state index in [0.29, 0.717) is 33.7 Å². The van der Waals surface area contributed by atoms with Gasteiger partial charge in [0.25, 0.3) is 0 Å². The Bertz CT molecular complexity index is 1250. The monoisotopic (exact) mass is 543 g/mol. The molecule has 1 saturated carbocycles. The van der Waals surface area contributed by atoms with E-state index in [1.165, 1.54) is 19.2 Å². The van der Waals surface area contributed by atoms with Crippen molar-refractivity contribution in [1.82, 2.24) is 0 Å². The lowest BCUT2D eigenvalue weighted by molar-refractivity contribution is -0.120. The van der Waals surface area contributed by atoms with E-state index in [0.717, 1.165) is 10.6 Å². The molecule has 7 heteroatoms. The van der Waals surface area contributed by atoms with Gasteiger partial charge in [0, 0.05) is 9.50 Å². The average Bonchev–Trinajstić information content (AvgIpc) is 3.52. The van der Waals surface area contributed by atoms with Crippen LogP contribution in [0, 0.1) is 17.7 Å². The predicted octanol–water partition coefficient (Wildman–Crippen LogP) is 7.31. The predicted molar refractivity (Wildman–Crippen MR) is 135 cm³/mol. The van der Waals surface area contributed by atoms with Gasteiger partial charge in [-0.3, -0.25) is 9.69 Å². The number of hydrogen-bond acceptors (Lipinski definition) is 3. The quantitative estimate of drug-likeness (QED) is 0.325. The minimum absolute atomic E-state index is 0.0595. The standard InChI is InChI=1S/C21H19BrFNO3.C6H5Cl/c1-11(2)17-10-21(17)16-9-14(23)4-5-18(16)24(20(21)26)15-7-12(19(25)27-3)6-13(22)8-15;7-6-4-2-1-3-5-6/h4-9,11,17H,10H2,1-3H3;1-5H/t17?,21-;/m0./s1. The summed E-state index contributed by atoms with van der Waals surface area (Å²) in [5, 5.41) is 0.794. The van der Waals surface area contributed by atoms with Crippen molar-refractivity contribution < 1.29 is 18.7 Å². The van der Waals surface area contributed by atoms with Gasteiger partial charge in [0.05, 0.1) is 29.5 Å². The molecule has 1 fully saturated rings. The molecule has 3 aromatic carbocycles.